The molecule has 5 rings (SSSR count). The van der Waals surface area contributed by atoms with Crippen molar-refractivity contribution in [3.05, 3.63) is 60.0 Å². The second kappa shape index (κ2) is 20.9. The van der Waals surface area contributed by atoms with Crippen LogP contribution in [0.3, 0.4) is 0 Å². The van der Waals surface area contributed by atoms with Gasteiger partial charge >= 0.3 is 6.72 Å². The number of ether oxygens (including phenoxy) is 3. The molecule has 1 aliphatic carbocycles. The Morgan fingerprint density at radius 1 is 0.907 bits per heavy atom. The van der Waals surface area contributed by atoms with E-state index in [-0.39, 0.29) is 19.0 Å². The summed E-state index contributed by atoms with van der Waals surface area (Å²) in [5.41, 5.74) is 4.84. The van der Waals surface area contributed by atoms with Crippen LogP contribution in [0.1, 0.15) is 128 Å². The minimum Gasteiger partial charge on any atom is -0.386 e. The van der Waals surface area contributed by atoms with Crippen molar-refractivity contribution in [2.45, 2.75) is 159 Å². The summed E-state index contributed by atoms with van der Waals surface area (Å²) in [5.74, 6) is 0.271. The second-order valence-electron chi connectivity index (χ2n) is 15.2. The van der Waals surface area contributed by atoms with Crippen molar-refractivity contribution in [3.63, 3.8) is 0 Å². The van der Waals surface area contributed by atoms with Crippen LogP contribution in [0.2, 0.25) is 0 Å². The Labute approximate surface area is 326 Å². The van der Waals surface area contributed by atoms with Crippen LogP contribution in [0.4, 0.5) is 5.82 Å². The maximum Gasteiger partial charge on any atom is 0.325 e. The van der Waals surface area contributed by atoms with Crippen LogP contribution in [-0.2, 0) is 47.3 Å². The van der Waals surface area contributed by atoms with Crippen LogP contribution in [0.25, 0.3) is 5.52 Å². The van der Waals surface area contributed by atoms with Crippen molar-refractivity contribution in [2.75, 3.05) is 25.6 Å². The molecule has 7 atom stereocenters. The van der Waals surface area contributed by atoms with Gasteiger partial charge in [0.2, 0.25) is 0 Å². The van der Waals surface area contributed by atoms with Gasteiger partial charge in [-0.15, -0.1) is 0 Å². The summed E-state index contributed by atoms with van der Waals surface area (Å²) in [6, 6.07) is 13.2. The van der Waals surface area contributed by atoms with Crippen LogP contribution in [-0.4, -0.2) is 79.5 Å². The Morgan fingerprint density at radius 3 is 2.11 bits per heavy atom. The van der Waals surface area contributed by atoms with Crippen LogP contribution in [0.15, 0.2) is 48.8 Å². The van der Waals surface area contributed by atoms with Gasteiger partial charge in [-0.3, -0.25) is 4.52 Å². The quantitative estimate of drug-likeness (QED) is 0.0424. The fraction of sp³-hybridized carbons (Fsp3) is 0.700. The molecule has 2 aromatic heterocycles. The highest BCUT2D eigenvalue weighted by atomic mass is 32.5. The summed E-state index contributed by atoms with van der Waals surface area (Å²) in [4.78, 5) is 15.0. The van der Waals surface area contributed by atoms with E-state index in [2.05, 4.69) is 17.0 Å². The predicted molar refractivity (Wildman–Crippen MR) is 213 cm³/mol. The molecule has 2 unspecified atom stereocenters. The molecule has 1 saturated carbocycles. The van der Waals surface area contributed by atoms with E-state index in [0.29, 0.717) is 24.4 Å². The molecule has 14 heteroatoms. The molecule has 5 N–H and O–H groups in total. The van der Waals surface area contributed by atoms with Crippen molar-refractivity contribution >= 4 is 29.9 Å². The van der Waals surface area contributed by atoms with E-state index in [1.165, 1.54) is 101 Å². The Hall–Kier alpha value is -2.03. The third-order valence-electron chi connectivity index (χ3n) is 10.8. The number of benzene rings is 1. The molecular formula is C40H63N4O8PS. The van der Waals surface area contributed by atoms with Crippen LogP contribution in [0, 0.1) is 0 Å². The van der Waals surface area contributed by atoms with E-state index in [0.717, 1.165) is 18.4 Å². The molecule has 54 heavy (non-hydrogen) atoms. The Balaban J connectivity index is 0.989. The first-order valence-corrected chi connectivity index (χ1v) is 22.7. The van der Waals surface area contributed by atoms with Crippen LogP contribution < -0.4 is 5.73 Å². The van der Waals surface area contributed by atoms with Gasteiger partial charge < -0.3 is 39.6 Å². The molecule has 0 amide bonds. The average Bonchev–Trinajstić information content (AvgIpc) is 3.41. The van der Waals surface area contributed by atoms with Crippen LogP contribution in [0.5, 0.6) is 0 Å². The fourth-order valence-corrected chi connectivity index (χ4v) is 8.93. The van der Waals surface area contributed by atoms with Gasteiger partial charge in [0.25, 0.3) is 0 Å². The number of aliphatic hydroxyl groups excluding tert-OH is 1. The minimum absolute atomic E-state index is 0.0756. The molecule has 302 valence electrons. The van der Waals surface area contributed by atoms with Gasteiger partial charge in [0.05, 0.1) is 25.5 Å². The van der Waals surface area contributed by atoms with Gasteiger partial charge in [-0.1, -0.05) is 134 Å². The van der Waals surface area contributed by atoms with Gasteiger partial charge in [-0.05, 0) is 42.8 Å². The summed E-state index contributed by atoms with van der Waals surface area (Å²) in [6.07, 6.45) is 18.4. The SMILES string of the molecule is CCCCCCCCCCCCCCCCCCOC[C@H](COP(O)(=S)OC1[C@H]2O[C@@](C)(c3ccc4c(N)ncnn34)[C@H](O)[C@@]12O)OCc1ccccc1. The standard InChI is InChI=1S/C40H63N4O8PS/c1-3-4-5-6-7-8-9-10-11-12-13-14-15-16-17-21-26-48-28-32(49-27-31-22-19-18-20-23-31)29-50-53(47,54)52-36-35-40(36,46)38(45)39(2,51-35)34-25-24-33-37(41)42-30-43-44(33)34/h18-20,22-25,30,32,35-36,38,45-46H,3-17,21,26-29H2,1-2H3,(H,47,54)(H2,41,42,43)/t32-,35-,36?,38+,39+,40+,53?/m1/s1. The molecule has 0 spiro atoms. The third kappa shape index (κ3) is 11.5. The lowest BCUT2D eigenvalue weighted by Gasteiger charge is -2.32. The van der Waals surface area contributed by atoms with E-state index in [1.807, 2.05) is 30.3 Å². The number of hydrogen-bond acceptors (Lipinski definition) is 11. The number of nitrogen functional groups attached to an aromatic ring is 1. The monoisotopic (exact) mass is 790 g/mol. The normalized spacial score (nSPS) is 25.2. The number of hydrogen-bond donors (Lipinski definition) is 4. The highest BCUT2D eigenvalue weighted by Crippen LogP contribution is 2.63. The molecule has 1 aliphatic heterocycles. The topological polar surface area (TPSA) is 163 Å². The highest BCUT2D eigenvalue weighted by Gasteiger charge is 2.81. The van der Waals surface area contributed by atoms with Gasteiger partial charge in [0.15, 0.2) is 11.4 Å². The van der Waals surface area contributed by atoms with Crippen molar-refractivity contribution in [3.8, 4) is 0 Å². The highest BCUT2D eigenvalue weighted by molar-refractivity contribution is 8.07. The Bertz CT molecular complexity index is 1600. The van der Waals surface area contributed by atoms with E-state index < -0.39 is 42.3 Å². The molecule has 2 aliphatic rings. The molecule has 3 aromatic rings. The minimum atomic E-state index is -3.88. The lowest BCUT2D eigenvalue weighted by Crippen LogP contribution is -2.46. The maximum atomic E-state index is 11.4. The molecule has 12 nitrogen and oxygen atoms in total. The fourth-order valence-electron chi connectivity index (χ4n) is 7.49. The van der Waals surface area contributed by atoms with Crippen molar-refractivity contribution in [2.24, 2.45) is 0 Å². The van der Waals surface area contributed by atoms with Gasteiger partial charge in [0, 0.05) is 6.61 Å². The number of nitrogens with two attached hydrogens (primary N) is 1. The summed E-state index contributed by atoms with van der Waals surface area (Å²) >= 11 is 5.34. The Kier molecular flexibility index (Phi) is 16.7. The molecule has 0 bridgehead atoms. The predicted octanol–water partition coefficient (Wildman–Crippen LogP) is 7.51. The lowest BCUT2D eigenvalue weighted by molar-refractivity contribution is -0.125. The number of nitrogens with zero attached hydrogens (tertiary/aromatic N) is 3. The summed E-state index contributed by atoms with van der Waals surface area (Å²) < 4.78 is 31.3. The van der Waals surface area contributed by atoms with Crippen LogP contribution >= 0.6 is 6.72 Å². The summed E-state index contributed by atoms with van der Waals surface area (Å²) in [7, 11) is 0. The maximum absolute atomic E-state index is 11.4. The number of aromatic nitrogens is 3. The van der Waals surface area contributed by atoms with E-state index >= 15 is 0 Å². The molecule has 3 heterocycles. The molecule has 0 radical (unpaired) electrons. The first-order valence-electron chi connectivity index (χ1n) is 20.2. The van der Waals surface area contributed by atoms with Gasteiger partial charge in [0.1, 0.15) is 41.9 Å². The van der Waals surface area contributed by atoms with E-state index in [1.54, 1.807) is 19.1 Å². The number of anilines is 1. The van der Waals surface area contributed by atoms with Gasteiger partial charge in [-0.2, -0.15) is 5.10 Å². The number of rotatable bonds is 28. The smallest absolute Gasteiger partial charge is 0.325 e. The molecule has 1 saturated heterocycles. The largest absolute Gasteiger partial charge is 0.386 e. The first kappa shape index (κ1) is 43.1. The molecule has 2 fully saturated rings. The van der Waals surface area contributed by atoms with E-state index in [9.17, 15) is 15.1 Å². The van der Waals surface area contributed by atoms with Crippen molar-refractivity contribution in [1.82, 2.24) is 14.6 Å². The second-order valence-corrected chi connectivity index (χ2v) is 18.0. The Morgan fingerprint density at radius 2 is 1.52 bits per heavy atom. The third-order valence-corrected chi connectivity index (χ3v) is 12.4. The van der Waals surface area contributed by atoms with Crippen molar-refractivity contribution < 1.29 is 38.4 Å². The molecule has 1 aromatic carbocycles. The zero-order chi connectivity index (χ0) is 38.4. The number of aliphatic hydroxyl groups is 2. The summed E-state index contributed by atoms with van der Waals surface area (Å²) in [6.45, 7) is 1.17. The number of fused-ring (bicyclic) bond motifs is 2. The first-order chi connectivity index (χ1) is 26.1. The summed E-state index contributed by atoms with van der Waals surface area (Å²) in [5, 5.41) is 27.0. The van der Waals surface area contributed by atoms with E-state index in [4.69, 9.17) is 40.8 Å². The average molecular weight is 791 g/mol. The number of unbranched alkanes of at least 4 members (excludes halogenated alkanes) is 15. The van der Waals surface area contributed by atoms with Crippen molar-refractivity contribution in [1.29, 1.82) is 0 Å². The zero-order valence-corrected chi connectivity index (χ0v) is 33.9. The lowest BCUT2D eigenvalue weighted by atomic mass is 9.91. The molecular weight excluding hydrogens is 728 g/mol. The van der Waals surface area contributed by atoms with Gasteiger partial charge in [-0.25, -0.2) is 9.50 Å². The zero-order valence-electron chi connectivity index (χ0n) is 32.2.